The highest BCUT2D eigenvalue weighted by atomic mass is 16.3. The normalized spacial score (nSPS) is 10.2. The fourth-order valence-electron chi connectivity index (χ4n) is 1.74. The van der Waals surface area contributed by atoms with Crippen molar-refractivity contribution in [3.8, 4) is 17.6 Å². The van der Waals surface area contributed by atoms with Crippen LogP contribution < -0.4 is 0 Å². The maximum atomic E-state index is 12.3. The van der Waals surface area contributed by atoms with Gasteiger partial charge in [-0.1, -0.05) is 13.8 Å². The van der Waals surface area contributed by atoms with E-state index in [1.54, 1.807) is 4.90 Å². The molecule has 0 aromatic heterocycles. The molecule has 0 radical (unpaired) electrons. The summed E-state index contributed by atoms with van der Waals surface area (Å²) in [5, 5.41) is 27.3. The van der Waals surface area contributed by atoms with E-state index >= 15 is 0 Å². The van der Waals surface area contributed by atoms with Crippen LogP contribution in [-0.2, 0) is 0 Å². The summed E-state index contributed by atoms with van der Waals surface area (Å²) in [6.07, 6.45) is 0.266. The molecule has 0 saturated heterocycles. The van der Waals surface area contributed by atoms with Crippen LogP contribution in [0.2, 0.25) is 0 Å². The lowest BCUT2D eigenvalue weighted by Crippen LogP contribution is -2.34. The summed E-state index contributed by atoms with van der Waals surface area (Å²) in [5.74, 6) is -0.549. The van der Waals surface area contributed by atoms with Gasteiger partial charge in [0.25, 0.3) is 5.91 Å². The van der Waals surface area contributed by atoms with Crippen LogP contribution in [-0.4, -0.2) is 34.1 Å². The highest BCUT2D eigenvalue weighted by molar-refractivity contribution is 5.94. The number of phenolic OH excluding ortho intramolecular Hbond substituents is 2. The van der Waals surface area contributed by atoms with Crippen molar-refractivity contribution in [3.05, 3.63) is 23.8 Å². The zero-order valence-electron chi connectivity index (χ0n) is 11.1. The van der Waals surface area contributed by atoms with E-state index in [1.165, 1.54) is 18.2 Å². The molecular weight excluding hydrogens is 244 g/mol. The van der Waals surface area contributed by atoms with Gasteiger partial charge in [-0.05, 0) is 24.1 Å². The van der Waals surface area contributed by atoms with Crippen molar-refractivity contribution in [1.82, 2.24) is 4.90 Å². The number of aromatic hydroxyl groups is 2. The van der Waals surface area contributed by atoms with Crippen LogP contribution in [0, 0.1) is 17.2 Å². The Labute approximate surface area is 112 Å². The van der Waals surface area contributed by atoms with Gasteiger partial charge in [0.05, 0.1) is 12.5 Å². The second-order valence-corrected chi connectivity index (χ2v) is 4.76. The molecule has 0 aliphatic rings. The Morgan fingerprint density at radius 3 is 2.58 bits per heavy atom. The number of amides is 1. The average molecular weight is 262 g/mol. The third kappa shape index (κ3) is 4.18. The van der Waals surface area contributed by atoms with Crippen LogP contribution in [0.25, 0.3) is 0 Å². The molecule has 0 spiro atoms. The zero-order valence-corrected chi connectivity index (χ0v) is 11.1. The van der Waals surface area contributed by atoms with Crippen LogP contribution in [0.15, 0.2) is 18.2 Å². The Bertz CT molecular complexity index is 492. The Morgan fingerprint density at radius 1 is 1.37 bits per heavy atom. The first kappa shape index (κ1) is 14.8. The highest BCUT2D eigenvalue weighted by Crippen LogP contribution is 2.25. The molecule has 0 aliphatic carbocycles. The number of benzene rings is 1. The first-order valence-corrected chi connectivity index (χ1v) is 6.14. The van der Waals surface area contributed by atoms with Gasteiger partial charge in [0, 0.05) is 18.7 Å². The smallest absolute Gasteiger partial charge is 0.254 e. The Morgan fingerprint density at radius 2 is 2.05 bits per heavy atom. The molecule has 1 rings (SSSR count). The largest absolute Gasteiger partial charge is 0.504 e. The lowest BCUT2D eigenvalue weighted by molar-refractivity contribution is 0.0739. The SMILES string of the molecule is CC(C)CN(CCC#N)C(=O)c1ccc(O)c(O)c1. The summed E-state index contributed by atoms with van der Waals surface area (Å²) in [5.41, 5.74) is 0.300. The maximum Gasteiger partial charge on any atom is 0.254 e. The van der Waals surface area contributed by atoms with Gasteiger partial charge >= 0.3 is 0 Å². The number of nitrogens with zero attached hydrogens (tertiary/aromatic N) is 2. The van der Waals surface area contributed by atoms with Gasteiger partial charge in [0.1, 0.15) is 0 Å². The lowest BCUT2D eigenvalue weighted by atomic mass is 10.1. The van der Waals surface area contributed by atoms with Crippen molar-refractivity contribution in [3.63, 3.8) is 0 Å². The zero-order chi connectivity index (χ0) is 14.4. The standard InChI is InChI=1S/C14H18N2O3/c1-10(2)9-16(7-3-6-15)14(19)11-4-5-12(17)13(18)8-11/h4-5,8,10,17-18H,3,7,9H2,1-2H3. The minimum atomic E-state index is -0.323. The molecule has 0 atom stereocenters. The van der Waals surface area contributed by atoms with Crippen LogP contribution in [0.3, 0.4) is 0 Å². The van der Waals surface area contributed by atoms with Crippen molar-refractivity contribution in [2.45, 2.75) is 20.3 Å². The first-order valence-electron chi connectivity index (χ1n) is 6.14. The molecule has 5 nitrogen and oxygen atoms in total. The van der Waals surface area contributed by atoms with Crippen molar-refractivity contribution < 1.29 is 15.0 Å². The molecule has 0 aliphatic heterocycles. The topological polar surface area (TPSA) is 84.6 Å². The maximum absolute atomic E-state index is 12.3. The molecule has 0 saturated carbocycles. The molecule has 2 N–H and O–H groups in total. The van der Waals surface area contributed by atoms with E-state index in [1.807, 2.05) is 19.9 Å². The summed E-state index contributed by atoms with van der Waals surface area (Å²) >= 11 is 0. The second kappa shape index (κ2) is 6.64. The number of nitriles is 1. The Balaban J connectivity index is 2.91. The molecule has 5 heteroatoms. The number of hydrogen-bond acceptors (Lipinski definition) is 4. The fraction of sp³-hybridized carbons (Fsp3) is 0.429. The predicted molar refractivity (Wildman–Crippen MR) is 70.7 cm³/mol. The molecule has 0 unspecified atom stereocenters. The monoisotopic (exact) mass is 262 g/mol. The number of hydrogen-bond donors (Lipinski definition) is 2. The molecular formula is C14H18N2O3. The summed E-state index contributed by atoms with van der Waals surface area (Å²) < 4.78 is 0. The molecule has 1 aromatic rings. The second-order valence-electron chi connectivity index (χ2n) is 4.76. The van der Waals surface area contributed by atoms with Gasteiger partial charge in [-0.2, -0.15) is 5.26 Å². The third-order valence-corrected chi connectivity index (χ3v) is 2.59. The van der Waals surface area contributed by atoms with Crippen molar-refractivity contribution in [1.29, 1.82) is 5.26 Å². The van der Waals surface area contributed by atoms with E-state index in [9.17, 15) is 15.0 Å². The summed E-state index contributed by atoms with van der Waals surface area (Å²) in [6, 6.07) is 5.98. The van der Waals surface area contributed by atoms with Gasteiger partial charge in [0.15, 0.2) is 11.5 Å². The van der Waals surface area contributed by atoms with Crippen molar-refractivity contribution in [2.24, 2.45) is 5.92 Å². The molecule has 1 aromatic carbocycles. The quantitative estimate of drug-likeness (QED) is 0.796. The van der Waals surface area contributed by atoms with E-state index in [4.69, 9.17) is 5.26 Å². The van der Waals surface area contributed by atoms with E-state index < -0.39 is 0 Å². The van der Waals surface area contributed by atoms with Crippen LogP contribution in [0.1, 0.15) is 30.6 Å². The van der Waals surface area contributed by atoms with Gasteiger partial charge in [-0.3, -0.25) is 4.79 Å². The van der Waals surface area contributed by atoms with Crippen LogP contribution >= 0.6 is 0 Å². The summed E-state index contributed by atoms with van der Waals surface area (Å²) in [7, 11) is 0. The highest BCUT2D eigenvalue weighted by Gasteiger charge is 2.17. The van der Waals surface area contributed by atoms with Gasteiger partial charge in [0.2, 0.25) is 0 Å². The minimum Gasteiger partial charge on any atom is -0.504 e. The van der Waals surface area contributed by atoms with Crippen molar-refractivity contribution >= 4 is 5.91 Å². The minimum absolute atomic E-state index is 0.251. The van der Waals surface area contributed by atoms with E-state index in [0.717, 1.165) is 0 Å². The number of carbonyl (C=O) groups is 1. The lowest BCUT2D eigenvalue weighted by Gasteiger charge is -2.23. The van der Waals surface area contributed by atoms with E-state index in [0.29, 0.717) is 18.7 Å². The molecule has 1 amide bonds. The van der Waals surface area contributed by atoms with Gasteiger partial charge in [-0.15, -0.1) is 0 Å². The third-order valence-electron chi connectivity index (χ3n) is 2.59. The van der Waals surface area contributed by atoms with Crippen LogP contribution in [0.4, 0.5) is 0 Å². The number of phenols is 2. The summed E-state index contributed by atoms with van der Waals surface area (Å²) in [6.45, 7) is 4.87. The van der Waals surface area contributed by atoms with Crippen molar-refractivity contribution in [2.75, 3.05) is 13.1 Å². The molecule has 102 valence electrons. The van der Waals surface area contributed by atoms with Crippen LogP contribution in [0.5, 0.6) is 11.5 Å². The number of rotatable bonds is 5. The van der Waals surface area contributed by atoms with Gasteiger partial charge < -0.3 is 15.1 Å². The molecule has 19 heavy (non-hydrogen) atoms. The summed E-state index contributed by atoms with van der Waals surface area (Å²) in [4.78, 5) is 13.9. The first-order chi connectivity index (χ1) is 8.95. The Kier molecular flexibility index (Phi) is 5.19. The number of carbonyl (C=O) groups excluding carboxylic acids is 1. The Hall–Kier alpha value is -2.22. The molecule has 0 fully saturated rings. The predicted octanol–water partition coefficient (Wildman–Crippen LogP) is 2.11. The van der Waals surface area contributed by atoms with E-state index in [2.05, 4.69) is 0 Å². The molecule has 0 bridgehead atoms. The van der Waals surface area contributed by atoms with E-state index in [-0.39, 0.29) is 29.7 Å². The van der Waals surface area contributed by atoms with Gasteiger partial charge in [-0.25, -0.2) is 0 Å². The molecule has 0 heterocycles. The average Bonchev–Trinajstić information content (AvgIpc) is 2.36. The fourth-order valence-corrected chi connectivity index (χ4v) is 1.74.